The van der Waals surface area contributed by atoms with Crippen molar-refractivity contribution in [2.75, 3.05) is 10.0 Å². The molecule has 0 aliphatic heterocycles. The highest BCUT2D eigenvalue weighted by molar-refractivity contribution is 7.92. The van der Waals surface area contributed by atoms with Gasteiger partial charge in [0.15, 0.2) is 0 Å². The van der Waals surface area contributed by atoms with Crippen molar-refractivity contribution in [3.05, 3.63) is 83.9 Å². The van der Waals surface area contributed by atoms with Gasteiger partial charge >= 0.3 is 0 Å². The van der Waals surface area contributed by atoms with E-state index in [1.54, 1.807) is 18.3 Å². The Hall–Kier alpha value is -3.26. The molecule has 0 radical (unpaired) electrons. The molecule has 8 heteroatoms. The molecule has 1 aromatic heterocycles. The summed E-state index contributed by atoms with van der Waals surface area (Å²) >= 11 is 0. The van der Waals surface area contributed by atoms with E-state index < -0.39 is 15.8 Å². The highest BCUT2D eigenvalue weighted by Gasteiger charge is 2.16. The molecule has 138 valence electrons. The zero-order valence-corrected chi connectivity index (χ0v) is 15.1. The van der Waals surface area contributed by atoms with Gasteiger partial charge in [0.05, 0.1) is 16.8 Å². The fourth-order valence-corrected chi connectivity index (χ4v) is 3.47. The minimum atomic E-state index is -3.86. The van der Waals surface area contributed by atoms with Crippen LogP contribution in [0.15, 0.2) is 71.9 Å². The summed E-state index contributed by atoms with van der Waals surface area (Å²) in [4.78, 5) is 16.1. The second-order valence-corrected chi connectivity index (χ2v) is 7.47. The van der Waals surface area contributed by atoms with Gasteiger partial charge in [-0.25, -0.2) is 12.8 Å². The molecule has 3 rings (SSSR count). The van der Waals surface area contributed by atoms with Crippen LogP contribution in [0, 0.1) is 12.7 Å². The molecule has 0 aliphatic carbocycles. The largest absolute Gasteiger partial charge is 0.321 e. The van der Waals surface area contributed by atoms with E-state index in [0.717, 1.165) is 6.07 Å². The van der Waals surface area contributed by atoms with E-state index in [9.17, 15) is 17.6 Å². The number of sulfonamides is 1. The van der Waals surface area contributed by atoms with E-state index in [4.69, 9.17) is 0 Å². The molecule has 1 heterocycles. The molecular formula is C19H16FN3O3S. The van der Waals surface area contributed by atoms with Crippen molar-refractivity contribution in [3.63, 3.8) is 0 Å². The molecule has 2 N–H and O–H groups in total. The minimum Gasteiger partial charge on any atom is -0.321 e. The number of benzene rings is 2. The Morgan fingerprint density at radius 1 is 1.04 bits per heavy atom. The van der Waals surface area contributed by atoms with Gasteiger partial charge in [-0.05, 0) is 67.1 Å². The molecule has 6 nitrogen and oxygen atoms in total. The van der Waals surface area contributed by atoms with Crippen LogP contribution >= 0.6 is 0 Å². The van der Waals surface area contributed by atoms with Gasteiger partial charge in [0.25, 0.3) is 15.9 Å². The normalized spacial score (nSPS) is 11.0. The number of anilines is 2. The van der Waals surface area contributed by atoms with Crippen LogP contribution in [0.5, 0.6) is 0 Å². The summed E-state index contributed by atoms with van der Waals surface area (Å²) < 4.78 is 40.5. The molecule has 0 aliphatic rings. The van der Waals surface area contributed by atoms with E-state index in [0.29, 0.717) is 11.3 Å². The number of halogens is 1. The fraction of sp³-hybridized carbons (Fsp3) is 0.0526. The third-order valence-corrected chi connectivity index (χ3v) is 5.14. The number of carbonyl (C=O) groups excluding carboxylic acids is 1. The van der Waals surface area contributed by atoms with Crippen molar-refractivity contribution in [1.82, 2.24) is 4.98 Å². The molecule has 0 saturated carbocycles. The van der Waals surface area contributed by atoms with Gasteiger partial charge < -0.3 is 5.32 Å². The lowest BCUT2D eigenvalue weighted by molar-refractivity contribution is 0.102. The van der Waals surface area contributed by atoms with E-state index in [1.165, 1.54) is 49.5 Å². The maximum absolute atomic E-state index is 13.3. The van der Waals surface area contributed by atoms with E-state index in [2.05, 4.69) is 15.0 Å². The summed E-state index contributed by atoms with van der Waals surface area (Å²) in [7, 11) is -3.86. The standard InChI is InChI=1S/C19H16FN3O3S/c1-13-11-17(8-9-18(13)20)27(25,26)23-15-6-4-14(5-7-15)19(24)22-16-3-2-10-21-12-16/h2-12,23H,1H3,(H,22,24). The Kier molecular flexibility index (Phi) is 5.18. The van der Waals surface area contributed by atoms with Gasteiger partial charge in [-0.3, -0.25) is 14.5 Å². The summed E-state index contributed by atoms with van der Waals surface area (Å²) in [5, 5.41) is 2.69. The van der Waals surface area contributed by atoms with Crippen LogP contribution in [0.25, 0.3) is 0 Å². The van der Waals surface area contributed by atoms with Crippen molar-refractivity contribution in [3.8, 4) is 0 Å². The predicted octanol–water partition coefficient (Wildman–Crippen LogP) is 3.58. The van der Waals surface area contributed by atoms with E-state index >= 15 is 0 Å². The van der Waals surface area contributed by atoms with Crippen LogP contribution in [-0.4, -0.2) is 19.3 Å². The highest BCUT2D eigenvalue weighted by atomic mass is 32.2. The number of carbonyl (C=O) groups is 1. The number of rotatable bonds is 5. The average molecular weight is 385 g/mol. The molecule has 1 amide bonds. The molecule has 0 unspecified atom stereocenters. The van der Waals surface area contributed by atoms with Crippen LogP contribution in [-0.2, 0) is 10.0 Å². The van der Waals surface area contributed by atoms with Crippen molar-refractivity contribution >= 4 is 27.3 Å². The number of aromatic nitrogens is 1. The Morgan fingerprint density at radius 2 is 1.78 bits per heavy atom. The molecule has 0 atom stereocenters. The topological polar surface area (TPSA) is 88.2 Å². The number of pyridine rings is 1. The third kappa shape index (κ3) is 4.48. The predicted molar refractivity (Wildman–Crippen MR) is 101 cm³/mol. The molecule has 27 heavy (non-hydrogen) atoms. The SMILES string of the molecule is Cc1cc(S(=O)(=O)Nc2ccc(C(=O)Nc3cccnc3)cc2)ccc1F. The van der Waals surface area contributed by atoms with Crippen molar-refractivity contribution in [2.45, 2.75) is 11.8 Å². The molecule has 2 aromatic carbocycles. The lowest BCUT2D eigenvalue weighted by atomic mass is 10.2. The second kappa shape index (κ2) is 7.55. The maximum atomic E-state index is 13.3. The zero-order chi connectivity index (χ0) is 19.4. The molecule has 0 saturated heterocycles. The zero-order valence-electron chi connectivity index (χ0n) is 14.3. The first-order chi connectivity index (χ1) is 12.8. The first kappa shape index (κ1) is 18.5. The summed E-state index contributed by atoms with van der Waals surface area (Å²) in [5.74, 6) is -0.815. The van der Waals surface area contributed by atoms with Gasteiger partial charge in [0, 0.05) is 17.4 Å². The molecular weight excluding hydrogens is 369 g/mol. The Morgan fingerprint density at radius 3 is 2.41 bits per heavy atom. The van der Waals surface area contributed by atoms with Gasteiger partial charge in [-0.1, -0.05) is 0 Å². The van der Waals surface area contributed by atoms with Crippen LogP contribution in [0.1, 0.15) is 15.9 Å². The first-order valence-corrected chi connectivity index (χ1v) is 9.44. The number of hydrogen-bond donors (Lipinski definition) is 2. The van der Waals surface area contributed by atoms with Crippen LogP contribution in [0.4, 0.5) is 15.8 Å². The summed E-state index contributed by atoms with van der Waals surface area (Å²) in [5.41, 5.74) is 1.44. The smallest absolute Gasteiger partial charge is 0.261 e. The van der Waals surface area contributed by atoms with Crippen molar-refractivity contribution < 1.29 is 17.6 Å². The summed E-state index contributed by atoms with van der Waals surface area (Å²) in [6.45, 7) is 1.49. The number of aryl methyl sites for hydroxylation is 1. The Balaban J connectivity index is 1.73. The molecule has 3 aromatic rings. The second-order valence-electron chi connectivity index (χ2n) is 5.79. The van der Waals surface area contributed by atoms with Crippen LogP contribution in [0.2, 0.25) is 0 Å². The third-order valence-electron chi connectivity index (χ3n) is 3.76. The van der Waals surface area contributed by atoms with Gasteiger partial charge in [-0.15, -0.1) is 0 Å². The van der Waals surface area contributed by atoms with Crippen molar-refractivity contribution in [2.24, 2.45) is 0 Å². The number of hydrogen-bond acceptors (Lipinski definition) is 4. The monoisotopic (exact) mass is 385 g/mol. The average Bonchev–Trinajstić information content (AvgIpc) is 2.65. The van der Waals surface area contributed by atoms with Crippen LogP contribution in [0.3, 0.4) is 0 Å². The fourth-order valence-electron chi connectivity index (χ4n) is 2.33. The summed E-state index contributed by atoms with van der Waals surface area (Å²) in [6, 6.07) is 12.9. The molecule has 0 fully saturated rings. The molecule has 0 bridgehead atoms. The number of nitrogens with zero attached hydrogens (tertiary/aromatic N) is 1. The minimum absolute atomic E-state index is 0.0419. The molecule has 0 spiro atoms. The maximum Gasteiger partial charge on any atom is 0.261 e. The summed E-state index contributed by atoms with van der Waals surface area (Å²) in [6.07, 6.45) is 3.12. The first-order valence-electron chi connectivity index (χ1n) is 7.95. The lowest BCUT2D eigenvalue weighted by Crippen LogP contribution is -2.14. The van der Waals surface area contributed by atoms with E-state index in [-0.39, 0.29) is 22.1 Å². The van der Waals surface area contributed by atoms with Gasteiger partial charge in [0.2, 0.25) is 0 Å². The Labute approximate surface area is 156 Å². The van der Waals surface area contributed by atoms with E-state index in [1.807, 2.05) is 0 Å². The highest BCUT2D eigenvalue weighted by Crippen LogP contribution is 2.19. The Bertz CT molecular complexity index is 1070. The van der Waals surface area contributed by atoms with Crippen LogP contribution < -0.4 is 10.0 Å². The van der Waals surface area contributed by atoms with Gasteiger partial charge in [0.1, 0.15) is 5.82 Å². The lowest BCUT2D eigenvalue weighted by Gasteiger charge is -2.10. The van der Waals surface area contributed by atoms with Crippen molar-refractivity contribution in [1.29, 1.82) is 0 Å². The quantitative estimate of drug-likeness (QED) is 0.703. The van der Waals surface area contributed by atoms with Gasteiger partial charge in [-0.2, -0.15) is 0 Å². The number of nitrogens with one attached hydrogen (secondary N) is 2. The number of amides is 1.